The number of carbonyl (C=O) groups is 3. The fraction of sp³-hybridized carbons (Fsp3) is 0.522. The summed E-state index contributed by atoms with van der Waals surface area (Å²) in [4.78, 5) is 39.8. The van der Waals surface area contributed by atoms with Gasteiger partial charge < -0.3 is 24.8 Å². The summed E-state index contributed by atoms with van der Waals surface area (Å²) in [6, 6.07) is 6.10. The molecule has 1 aromatic rings. The van der Waals surface area contributed by atoms with Crippen molar-refractivity contribution >= 4 is 18.0 Å². The Bertz CT molecular complexity index is 884. The van der Waals surface area contributed by atoms with Gasteiger partial charge in [0.1, 0.15) is 5.75 Å². The van der Waals surface area contributed by atoms with Gasteiger partial charge in [-0.2, -0.15) is 0 Å². The fourth-order valence-corrected chi connectivity index (χ4v) is 4.21. The van der Waals surface area contributed by atoms with Gasteiger partial charge >= 0.3 is 18.0 Å². The number of amides is 2. The zero-order valence-electron chi connectivity index (χ0n) is 18.8. The highest BCUT2D eigenvalue weighted by molar-refractivity contribution is 5.95. The third-order valence-corrected chi connectivity index (χ3v) is 5.61. The first-order chi connectivity index (χ1) is 15.5. The molecule has 2 N–H and O–H groups in total. The molecule has 1 aromatic carbocycles. The normalized spacial score (nSPS) is 21.4. The van der Waals surface area contributed by atoms with Crippen LogP contribution in [0.25, 0.3) is 0 Å². The molecule has 9 nitrogen and oxygen atoms in total. The number of piperidine rings is 1. The van der Waals surface area contributed by atoms with E-state index in [2.05, 4.69) is 15.5 Å². The molecule has 0 saturated carbocycles. The molecular formula is C23H31N3O6. The molecule has 0 spiro atoms. The molecule has 0 aliphatic carbocycles. The monoisotopic (exact) mass is 445 g/mol. The van der Waals surface area contributed by atoms with Crippen LogP contribution in [0.4, 0.5) is 4.79 Å². The Hall–Kier alpha value is -3.07. The number of likely N-dealkylation sites (tertiary alicyclic amines) is 1. The van der Waals surface area contributed by atoms with Crippen LogP contribution in [-0.4, -0.2) is 62.8 Å². The predicted octanol–water partition coefficient (Wildman–Crippen LogP) is 2.14. The molecule has 2 atom stereocenters. The molecule has 2 aliphatic rings. The highest BCUT2D eigenvalue weighted by Crippen LogP contribution is 2.34. The Kier molecular flexibility index (Phi) is 8.10. The summed E-state index contributed by atoms with van der Waals surface area (Å²) in [6.07, 6.45) is 1.59. The molecule has 2 unspecified atom stereocenters. The van der Waals surface area contributed by atoms with Crippen molar-refractivity contribution in [3.8, 4) is 5.75 Å². The van der Waals surface area contributed by atoms with Crippen LogP contribution in [0.1, 0.15) is 38.3 Å². The summed E-state index contributed by atoms with van der Waals surface area (Å²) in [7, 11) is 1.54. The second-order valence-corrected chi connectivity index (χ2v) is 7.71. The summed E-state index contributed by atoms with van der Waals surface area (Å²) in [5.41, 5.74) is 1.45. The summed E-state index contributed by atoms with van der Waals surface area (Å²) in [5, 5.41) is 5.62. The minimum Gasteiger partial charge on any atom is -0.496 e. The van der Waals surface area contributed by atoms with Crippen molar-refractivity contribution in [1.82, 2.24) is 15.5 Å². The standard InChI is InChI=1S/C23H31N3O6/c1-4-31-21(27)15-9-8-12-26(13-15)14-17-19(22(28)32-5-2)20(25-23(29)24-17)16-10-6-7-11-18(16)30-3/h6-7,10-11,15,20H,4-5,8-9,12-14H2,1-3H3,(H2,24,25,29). The highest BCUT2D eigenvalue weighted by atomic mass is 16.5. The second kappa shape index (κ2) is 11.0. The van der Waals surface area contributed by atoms with E-state index in [1.165, 1.54) is 0 Å². The van der Waals surface area contributed by atoms with Crippen LogP contribution < -0.4 is 15.4 Å². The molecule has 1 saturated heterocycles. The van der Waals surface area contributed by atoms with E-state index in [-0.39, 0.29) is 18.5 Å². The van der Waals surface area contributed by atoms with Crippen LogP contribution in [-0.2, 0) is 19.1 Å². The molecule has 174 valence electrons. The van der Waals surface area contributed by atoms with Gasteiger partial charge in [0.05, 0.1) is 37.9 Å². The van der Waals surface area contributed by atoms with Gasteiger partial charge in [-0.25, -0.2) is 9.59 Å². The molecule has 2 heterocycles. The number of benzene rings is 1. The van der Waals surface area contributed by atoms with Crippen LogP contribution in [0.2, 0.25) is 0 Å². The van der Waals surface area contributed by atoms with E-state index < -0.39 is 18.0 Å². The van der Waals surface area contributed by atoms with Crippen molar-refractivity contribution in [2.45, 2.75) is 32.7 Å². The molecule has 0 bridgehead atoms. The smallest absolute Gasteiger partial charge is 0.338 e. The topological polar surface area (TPSA) is 106 Å². The van der Waals surface area contributed by atoms with E-state index >= 15 is 0 Å². The Morgan fingerprint density at radius 2 is 1.91 bits per heavy atom. The number of nitrogens with zero attached hydrogens (tertiary/aromatic N) is 1. The molecule has 2 aliphatic heterocycles. The summed E-state index contributed by atoms with van der Waals surface area (Å²) >= 11 is 0. The van der Waals surface area contributed by atoms with Crippen LogP contribution in [0.5, 0.6) is 5.75 Å². The highest BCUT2D eigenvalue weighted by Gasteiger charge is 2.36. The number of ether oxygens (including phenoxy) is 3. The second-order valence-electron chi connectivity index (χ2n) is 7.71. The molecule has 0 aromatic heterocycles. The van der Waals surface area contributed by atoms with E-state index in [1.807, 2.05) is 18.2 Å². The van der Waals surface area contributed by atoms with Gasteiger partial charge in [-0.1, -0.05) is 18.2 Å². The van der Waals surface area contributed by atoms with Crippen molar-refractivity contribution < 1.29 is 28.6 Å². The summed E-state index contributed by atoms with van der Waals surface area (Å²) in [5.74, 6) is -0.387. The maximum atomic E-state index is 13.0. The minimum absolute atomic E-state index is 0.205. The molecule has 9 heteroatoms. The quantitative estimate of drug-likeness (QED) is 0.591. The number of hydrogen-bond donors (Lipinski definition) is 2. The third kappa shape index (κ3) is 5.40. The first kappa shape index (κ1) is 23.6. The summed E-state index contributed by atoms with van der Waals surface area (Å²) < 4.78 is 16.0. The number of para-hydroxylation sites is 1. The molecular weight excluding hydrogens is 414 g/mol. The van der Waals surface area contributed by atoms with E-state index in [0.29, 0.717) is 42.3 Å². The average molecular weight is 446 g/mol. The molecule has 3 rings (SSSR count). The van der Waals surface area contributed by atoms with E-state index in [4.69, 9.17) is 14.2 Å². The van der Waals surface area contributed by atoms with Crippen LogP contribution >= 0.6 is 0 Å². The van der Waals surface area contributed by atoms with Gasteiger partial charge in [0, 0.05) is 24.4 Å². The van der Waals surface area contributed by atoms with E-state index in [0.717, 1.165) is 19.4 Å². The van der Waals surface area contributed by atoms with E-state index in [9.17, 15) is 14.4 Å². The van der Waals surface area contributed by atoms with Crippen LogP contribution in [0.15, 0.2) is 35.5 Å². The zero-order chi connectivity index (χ0) is 23.1. The number of methoxy groups -OCH3 is 1. The number of urea groups is 1. The lowest BCUT2D eigenvalue weighted by atomic mass is 9.93. The Morgan fingerprint density at radius 3 is 2.62 bits per heavy atom. The van der Waals surface area contributed by atoms with Crippen molar-refractivity contribution in [1.29, 1.82) is 0 Å². The molecule has 1 fully saturated rings. The van der Waals surface area contributed by atoms with Gasteiger partial charge in [0.2, 0.25) is 0 Å². The first-order valence-electron chi connectivity index (χ1n) is 11.0. The third-order valence-electron chi connectivity index (χ3n) is 5.61. The maximum absolute atomic E-state index is 13.0. The summed E-state index contributed by atoms with van der Waals surface area (Å²) in [6.45, 7) is 5.63. The Balaban J connectivity index is 1.94. The number of hydrogen-bond acceptors (Lipinski definition) is 7. The lowest BCUT2D eigenvalue weighted by Crippen LogP contribution is -2.50. The van der Waals surface area contributed by atoms with Crippen molar-refractivity contribution in [2.24, 2.45) is 5.92 Å². The SMILES string of the molecule is CCOC(=O)C1=C(CN2CCCC(C(=O)OCC)C2)NC(=O)NC1c1ccccc1OC. The van der Waals surface area contributed by atoms with Gasteiger partial charge in [-0.3, -0.25) is 9.69 Å². The lowest BCUT2D eigenvalue weighted by molar-refractivity contribution is -0.150. The average Bonchev–Trinajstić information content (AvgIpc) is 2.79. The van der Waals surface area contributed by atoms with Gasteiger partial charge in [-0.15, -0.1) is 0 Å². The fourth-order valence-electron chi connectivity index (χ4n) is 4.21. The van der Waals surface area contributed by atoms with Crippen LogP contribution in [0, 0.1) is 5.92 Å². The number of nitrogens with one attached hydrogen (secondary N) is 2. The van der Waals surface area contributed by atoms with Gasteiger partial charge in [-0.05, 0) is 39.3 Å². The number of carbonyl (C=O) groups excluding carboxylic acids is 3. The van der Waals surface area contributed by atoms with E-state index in [1.54, 1.807) is 27.0 Å². The van der Waals surface area contributed by atoms with Crippen molar-refractivity contribution in [3.05, 3.63) is 41.1 Å². The Morgan fingerprint density at radius 1 is 1.16 bits per heavy atom. The molecule has 0 radical (unpaired) electrons. The van der Waals surface area contributed by atoms with Crippen LogP contribution in [0.3, 0.4) is 0 Å². The minimum atomic E-state index is -0.723. The first-order valence-corrected chi connectivity index (χ1v) is 11.0. The number of esters is 2. The largest absolute Gasteiger partial charge is 0.496 e. The lowest BCUT2D eigenvalue weighted by Gasteiger charge is -2.35. The number of rotatable bonds is 8. The molecule has 2 amide bonds. The maximum Gasteiger partial charge on any atom is 0.338 e. The van der Waals surface area contributed by atoms with Gasteiger partial charge in [0.15, 0.2) is 0 Å². The molecule has 32 heavy (non-hydrogen) atoms. The zero-order valence-corrected chi connectivity index (χ0v) is 18.8. The van der Waals surface area contributed by atoms with Gasteiger partial charge in [0.25, 0.3) is 0 Å². The van der Waals surface area contributed by atoms with Crippen molar-refractivity contribution in [2.75, 3.05) is 40.0 Å². The van der Waals surface area contributed by atoms with Crippen molar-refractivity contribution in [3.63, 3.8) is 0 Å². The predicted molar refractivity (Wildman–Crippen MR) is 117 cm³/mol. The Labute approximate surface area is 188 Å².